The monoisotopic (exact) mass is 350 g/mol. The van der Waals surface area contributed by atoms with E-state index < -0.39 is 4.92 Å². The lowest BCUT2D eigenvalue weighted by Gasteiger charge is -2.07. The van der Waals surface area contributed by atoms with E-state index in [9.17, 15) is 10.1 Å². The van der Waals surface area contributed by atoms with Crippen LogP contribution < -0.4 is 5.32 Å². The standard InChI is InChI=1S/C18H18N6O2/c1-13-20-14-7-2-3-8-15(14)22(13)12-6-10-19-17-18(24(25)26)23-11-5-4-9-16(23)21-17/h2-5,7-9,11,19H,6,10,12H2,1H3. The van der Waals surface area contributed by atoms with E-state index in [-0.39, 0.29) is 5.82 Å². The molecule has 0 saturated carbocycles. The molecule has 8 heteroatoms. The van der Waals surface area contributed by atoms with E-state index in [4.69, 9.17) is 0 Å². The molecule has 0 spiro atoms. The van der Waals surface area contributed by atoms with E-state index in [0.29, 0.717) is 18.0 Å². The molecule has 0 bridgehead atoms. The molecule has 132 valence electrons. The predicted molar refractivity (Wildman–Crippen MR) is 99.4 cm³/mol. The number of rotatable bonds is 6. The van der Waals surface area contributed by atoms with Crippen molar-refractivity contribution in [2.24, 2.45) is 0 Å². The van der Waals surface area contributed by atoms with Gasteiger partial charge < -0.3 is 20.0 Å². The molecule has 0 amide bonds. The Morgan fingerprint density at radius 3 is 2.81 bits per heavy atom. The van der Waals surface area contributed by atoms with Gasteiger partial charge >= 0.3 is 5.82 Å². The summed E-state index contributed by atoms with van der Waals surface area (Å²) in [6.45, 7) is 3.34. The predicted octanol–water partition coefficient (Wildman–Crippen LogP) is 3.40. The van der Waals surface area contributed by atoms with Crippen molar-refractivity contribution in [1.82, 2.24) is 18.9 Å². The molecule has 0 radical (unpaired) electrons. The van der Waals surface area contributed by atoms with Crippen molar-refractivity contribution in [3.05, 3.63) is 64.6 Å². The second kappa shape index (κ2) is 6.47. The quantitative estimate of drug-likeness (QED) is 0.327. The summed E-state index contributed by atoms with van der Waals surface area (Å²) < 4.78 is 3.64. The van der Waals surface area contributed by atoms with Crippen molar-refractivity contribution < 1.29 is 4.92 Å². The van der Waals surface area contributed by atoms with Gasteiger partial charge in [-0.15, -0.1) is 0 Å². The fraction of sp³-hybridized carbons (Fsp3) is 0.222. The van der Waals surface area contributed by atoms with E-state index in [1.54, 1.807) is 18.3 Å². The second-order valence-electron chi connectivity index (χ2n) is 6.05. The van der Waals surface area contributed by atoms with Crippen molar-refractivity contribution in [3.8, 4) is 0 Å². The van der Waals surface area contributed by atoms with Gasteiger partial charge in [0.25, 0.3) is 0 Å². The topological polar surface area (TPSA) is 90.3 Å². The molecule has 0 saturated heterocycles. The highest BCUT2D eigenvalue weighted by Gasteiger charge is 2.21. The van der Waals surface area contributed by atoms with E-state index >= 15 is 0 Å². The third-order valence-corrected chi connectivity index (χ3v) is 4.37. The maximum atomic E-state index is 11.4. The fourth-order valence-electron chi connectivity index (χ4n) is 3.20. The molecule has 0 aliphatic heterocycles. The summed E-state index contributed by atoms with van der Waals surface area (Å²) in [4.78, 5) is 19.9. The number of aryl methyl sites for hydroxylation is 2. The highest BCUT2D eigenvalue weighted by molar-refractivity contribution is 5.75. The van der Waals surface area contributed by atoms with Crippen LogP contribution in [0.25, 0.3) is 16.7 Å². The van der Waals surface area contributed by atoms with E-state index in [1.807, 2.05) is 31.2 Å². The number of para-hydroxylation sites is 2. The summed E-state index contributed by atoms with van der Waals surface area (Å²) in [6.07, 6.45) is 2.44. The first-order valence-electron chi connectivity index (χ1n) is 8.42. The summed E-state index contributed by atoms with van der Waals surface area (Å²) in [5.41, 5.74) is 2.64. The number of aromatic nitrogens is 4. The normalized spacial score (nSPS) is 11.3. The Kier molecular flexibility index (Phi) is 4.00. The molecule has 1 N–H and O–H groups in total. The highest BCUT2D eigenvalue weighted by Crippen LogP contribution is 2.25. The molecule has 4 aromatic rings. The van der Waals surface area contributed by atoms with Crippen LogP contribution in [0.4, 0.5) is 11.6 Å². The number of hydrogen-bond donors (Lipinski definition) is 1. The van der Waals surface area contributed by atoms with Crippen LogP contribution in [-0.2, 0) is 6.54 Å². The molecule has 0 aliphatic carbocycles. The van der Waals surface area contributed by atoms with Crippen LogP contribution in [0, 0.1) is 17.0 Å². The Hall–Kier alpha value is -3.42. The minimum atomic E-state index is -0.407. The van der Waals surface area contributed by atoms with Gasteiger partial charge in [-0.2, -0.15) is 9.38 Å². The molecule has 0 unspecified atom stereocenters. The number of nitrogens with one attached hydrogen (secondary N) is 1. The second-order valence-corrected chi connectivity index (χ2v) is 6.05. The fourth-order valence-corrected chi connectivity index (χ4v) is 3.20. The maximum absolute atomic E-state index is 11.4. The molecule has 1 aromatic carbocycles. The Balaban J connectivity index is 1.48. The number of hydrogen-bond acceptors (Lipinski definition) is 5. The van der Waals surface area contributed by atoms with Crippen LogP contribution in [0.5, 0.6) is 0 Å². The third kappa shape index (κ3) is 2.75. The van der Waals surface area contributed by atoms with Gasteiger partial charge in [-0.05, 0) is 36.5 Å². The van der Waals surface area contributed by atoms with Crippen molar-refractivity contribution in [3.63, 3.8) is 0 Å². The number of anilines is 1. The van der Waals surface area contributed by atoms with Crippen LogP contribution in [0.2, 0.25) is 0 Å². The van der Waals surface area contributed by atoms with Gasteiger partial charge in [0.05, 0.1) is 17.2 Å². The summed E-state index contributed by atoms with van der Waals surface area (Å²) in [5, 5.41) is 14.5. The number of imidazole rings is 2. The number of nitrogens with zero attached hydrogens (tertiary/aromatic N) is 5. The van der Waals surface area contributed by atoms with Gasteiger partial charge in [-0.1, -0.05) is 18.2 Å². The summed E-state index contributed by atoms with van der Waals surface area (Å²) in [5.74, 6) is 1.23. The van der Waals surface area contributed by atoms with E-state index in [2.05, 4.69) is 25.9 Å². The lowest BCUT2D eigenvalue weighted by molar-refractivity contribution is -0.389. The first kappa shape index (κ1) is 16.1. The lowest BCUT2D eigenvalue weighted by Crippen LogP contribution is -2.09. The molecule has 8 nitrogen and oxygen atoms in total. The number of benzene rings is 1. The molecule has 4 rings (SSSR count). The number of fused-ring (bicyclic) bond motifs is 2. The largest absolute Gasteiger partial charge is 0.372 e. The molecule has 3 heterocycles. The third-order valence-electron chi connectivity index (χ3n) is 4.37. The number of nitro groups is 1. The Morgan fingerprint density at radius 1 is 1.15 bits per heavy atom. The molecule has 3 aromatic heterocycles. The van der Waals surface area contributed by atoms with Gasteiger partial charge in [0.15, 0.2) is 0 Å². The molecule has 0 aliphatic rings. The Labute approximate surface area is 149 Å². The maximum Gasteiger partial charge on any atom is 0.372 e. The average molecular weight is 350 g/mol. The first-order valence-corrected chi connectivity index (χ1v) is 8.42. The summed E-state index contributed by atoms with van der Waals surface area (Å²) in [7, 11) is 0. The van der Waals surface area contributed by atoms with Gasteiger partial charge in [-0.3, -0.25) is 0 Å². The van der Waals surface area contributed by atoms with Crippen LogP contribution in [0.15, 0.2) is 48.7 Å². The summed E-state index contributed by atoms with van der Waals surface area (Å²) in [6, 6.07) is 13.3. The lowest BCUT2D eigenvalue weighted by atomic mass is 10.3. The van der Waals surface area contributed by atoms with Gasteiger partial charge in [0.1, 0.15) is 5.82 Å². The zero-order valence-corrected chi connectivity index (χ0v) is 14.3. The minimum Gasteiger partial charge on any atom is -0.363 e. The molecular weight excluding hydrogens is 332 g/mol. The minimum absolute atomic E-state index is 0.0372. The first-order chi connectivity index (χ1) is 12.6. The zero-order valence-electron chi connectivity index (χ0n) is 14.3. The molecule has 26 heavy (non-hydrogen) atoms. The van der Waals surface area contributed by atoms with Crippen molar-refractivity contribution >= 4 is 28.3 Å². The Morgan fingerprint density at radius 2 is 1.96 bits per heavy atom. The van der Waals surface area contributed by atoms with Crippen LogP contribution >= 0.6 is 0 Å². The highest BCUT2D eigenvalue weighted by atomic mass is 16.6. The van der Waals surface area contributed by atoms with Crippen molar-refractivity contribution in [2.75, 3.05) is 11.9 Å². The van der Waals surface area contributed by atoms with E-state index in [1.165, 1.54) is 4.40 Å². The Bertz CT molecular complexity index is 1100. The van der Waals surface area contributed by atoms with Gasteiger partial charge in [-0.25, -0.2) is 4.98 Å². The van der Waals surface area contributed by atoms with Crippen molar-refractivity contribution in [1.29, 1.82) is 0 Å². The van der Waals surface area contributed by atoms with Crippen LogP contribution in [0.1, 0.15) is 12.2 Å². The zero-order chi connectivity index (χ0) is 18.1. The van der Waals surface area contributed by atoms with Gasteiger partial charge in [0.2, 0.25) is 11.5 Å². The SMILES string of the molecule is Cc1nc2ccccc2n1CCCNc1nc2ccccn2c1[N+](=O)[O-]. The summed E-state index contributed by atoms with van der Waals surface area (Å²) >= 11 is 0. The molecule has 0 fully saturated rings. The van der Waals surface area contributed by atoms with Crippen LogP contribution in [-0.4, -0.2) is 30.4 Å². The smallest absolute Gasteiger partial charge is 0.363 e. The molecule has 0 atom stereocenters. The average Bonchev–Trinajstić information content (AvgIpc) is 3.15. The van der Waals surface area contributed by atoms with Crippen LogP contribution in [0.3, 0.4) is 0 Å². The van der Waals surface area contributed by atoms with E-state index in [0.717, 1.165) is 29.8 Å². The van der Waals surface area contributed by atoms with Crippen molar-refractivity contribution in [2.45, 2.75) is 19.9 Å². The number of pyridine rings is 1. The molecular formula is C18H18N6O2. The van der Waals surface area contributed by atoms with Gasteiger partial charge in [0, 0.05) is 19.2 Å².